The molecule has 22 heavy (non-hydrogen) atoms. The number of benzene rings is 1. The topological polar surface area (TPSA) is 52.3 Å². The second-order valence-electron chi connectivity index (χ2n) is 5.60. The van der Waals surface area contributed by atoms with Gasteiger partial charge in [-0.05, 0) is 50.3 Å². The molecule has 1 unspecified atom stereocenters. The van der Waals surface area contributed by atoms with E-state index in [1.54, 1.807) is 13.8 Å². The zero-order valence-corrected chi connectivity index (χ0v) is 14.1. The van der Waals surface area contributed by atoms with Crippen molar-refractivity contribution in [1.82, 2.24) is 0 Å². The first-order chi connectivity index (χ1) is 9.96. The van der Waals surface area contributed by atoms with Crippen molar-refractivity contribution < 1.29 is 22.1 Å². The van der Waals surface area contributed by atoms with Gasteiger partial charge in [0, 0.05) is 0 Å². The van der Waals surface area contributed by atoms with Crippen LogP contribution in [0.5, 0.6) is 5.75 Å². The van der Waals surface area contributed by atoms with Crippen molar-refractivity contribution in [2.24, 2.45) is 5.14 Å². The van der Waals surface area contributed by atoms with Crippen molar-refractivity contribution in [3.05, 3.63) is 28.8 Å². The lowest BCUT2D eigenvalue weighted by atomic mass is 9.88. The molecule has 2 N–H and O–H groups in total. The molecule has 8 heteroatoms. The van der Waals surface area contributed by atoms with Crippen LogP contribution in [0.2, 0.25) is 5.02 Å². The first-order valence-corrected chi connectivity index (χ1v) is 8.27. The van der Waals surface area contributed by atoms with Gasteiger partial charge in [0.1, 0.15) is 5.75 Å². The van der Waals surface area contributed by atoms with Crippen LogP contribution in [0.25, 0.3) is 0 Å². The van der Waals surface area contributed by atoms with E-state index < -0.39 is 27.8 Å². The highest BCUT2D eigenvalue weighted by atomic mass is 35.5. The Morgan fingerprint density at radius 2 is 1.95 bits per heavy atom. The Morgan fingerprint density at radius 3 is 2.36 bits per heavy atom. The number of rotatable bonds is 6. The van der Waals surface area contributed by atoms with Gasteiger partial charge in [0.05, 0.1) is 20.8 Å². The molecule has 0 fully saturated rings. The van der Waals surface area contributed by atoms with Gasteiger partial charge in [-0.25, -0.2) is 4.21 Å². The van der Waals surface area contributed by atoms with E-state index in [4.69, 9.17) is 16.7 Å². The molecule has 0 saturated heterocycles. The van der Waals surface area contributed by atoms with Gasteiger partial charge >= 0.3 is 6.36 Å². The molecule has 0 aromatic heterocycles. The molecule has 126 valence electrons. The molecule has 0 spiro atoms. The van der Waals surface area contributed by atoms with Crippen LogP contribution in [0.1, 0.15) is 45.1 Å². The van der Waals surface area contributed by atoms with E-state index >= 15 is 0 Å². The summed E-state index contributed by atoms with van der Waals surface area (Å²) in [5.74, 6) is -0.450. The van der Waals surface area contributed by atoms with E-state index in [0.717, 1.165) is 12.0 Å². The first kappa shape index (κ1) is 19.3. The Labute approximate surface area is 135 Å². The molecule has 0 saturated carbocycles. The van der Waals surface area contributed by atoms with Crippen LogP contribution >= 0.6 is 11.6 Å². The molecule has 1 aromatic rings. The lowest BCUT2D eigenvalue weighted by Crippen LogP contribution is -2.33. The number of ether oxygens (including phenoxy) is 1. The second-order valence-corrected chi connectivity index (χ2v) is 7.71. The van der Waals surface area contributed by atoms with Crippen LogP contribution in [0, 0.1) is 0 Å². The predicted octanol–water partition coefficient (Wildman–Crippen LogP) is 4.52. The molecule has 0 aliphatic carbocycles. The van der Waals surface area contributed by atoms with Crippen molar-refractivity contribution in [1.29, 1.82) is 0 Å². The van der Waals surface area contributed by atoms with Gasteiger partial charge in [-0.1, -0.05) is 24.6 Å². The fourth-order valence-corrected chi connectivity index (χ4v) is 2.74. The van der Waals surface area contributed by atoms with Crippen LogP contribution in [0.4, 0.5) is 13.2 Å². The Kier molecular flexibility index (Phi) is 6.29. The summed E-state index contributed by atoms with van der Waals surface area (Å²) in [6.07, 6.45) is -3.54. The average molecular weight is 358 g/mol. The summed E-state index contributed by atoms with van der Waals surface area (Å²) in [7, 11) is -1.50. The average Bonchev–Trinajstić information content (AvgIpc) is 2.37. The molecule has 0 aliphatic rings. The Morgan fingerprint density at radius 1 is 1.36 bits per heavy atom. The number of alkyl halides is 3. The number of hydrogen-bond acceptors (Lipinski definition) is 2. The van der Waals surface area contributed by atoms with Crippen LogP contribution < -0.4 is 9.88 Å². The summed E-state index contributed by atoms with van der Waals surface area (Å²) in [6.45, 7) is 5.51. The minimum Gasteiger partial charge on any atom is -0.404 e. The molecule has 3 nitrogen and oxygen atoms in total. The molecule has 0 radical (unpaired) electrons. The van der Waals surface area contributed by atoms with Gasteiger partial charge in [-0.3, -0.25) is 5.14 Å². The number of halogens is 4. The highest BCUT2D eigenvalue weighted by Crippen LogP contribution is 2.36. The third-order valence-electron chi connectivity index (χ3n) is 3.43. The van der Waals surface area contributed by atoms with E-state index in [9.17, 15) is 17.4 Å². The first-order valence-electron chi connectivity index (χ1n) is 6.67. The van der Waals surface area contributed by atoms with Crippen molar-refractivity contribution in [3.8, 4) is 5.75 Å². The summed E-state index contributed by atoms with van der Waals surface area (Å²) in [5, 5.41) is 5.36. The van der Waals surface area contributed by atoms with Crippen LogP contribution in [-0.2, 0) is 11.0 Å². The molecule has 0 aliphatic heterocycles. The van der Waals surface area contributed by atoms with Crippen LogP contribution in [0.3, 0.4) is 0 Å². The standard InChI is InChI=1S/C14H19ClF3NO2S/c1-4-9(8-13(2,3)22(19)20)10-5-6-12(11(15)7-10)21-14(16,17)18/h5-7,9H,4,8,19H2,1-3H3/t9-,22?/m1/s1. The van der Waals surface area contributed by atoms with Gasteiger partial charge in [-0.2, -0.15) is 0 Å². The summed E-state index contributed by atoms with van der Waals surface area (Å²) < 4.78 is 51.5. The smallest absolute Gasteiger partial charge is 0.404 e. The van der Waals surface area contributed by atoms with Crippen molar-refractivity contribution in [2.75, 3.05) is 0 Å². The predicted molar refractivity (Wildman–Crippen MR) is 82.2 cm³/mol. The number of hydrogen-bond donors (Lipinski definition) is 1. The van der Waals surface area contributed by atoms with Crippen molar-refractivity contribution >= 4 is 22.6 Å². The van der Waals surface area contributed by atoms with E-state index in [2.05, 4.69) is 4.74 Å². The molecule has 1 aromatic carbocycles. The van der Waals surface area contributed by atoms with E-state index in [0.29, 0.717) is 6.42 Å². The minimum atomic E-state index is -4.78. The van der Waals surface area contributed by atoms with Crippen molar-refractivity contribution in [2.45, 2.75) is 50.6 Å². The zero-order chi connectivity index (χ0) is 17.1. The third kappa shape index (κ3) is 5.44. The Hall–Kier alpha value is -0.790. The Bertz CT molecular complexity index is 549. The lowest BCUT2D eigenvalue weighted by molar-refractivity contribution is -0.274. The maximum absolute atomic E-state index is 12.2. The normalized spacial score (nSPS) is 15.5. The van der Waals surface area contributed by atoms with Gasteiger partial charge in [0.2, 0.25) is 0 Å². The monoisotopic (exact) mass is 357 g/mol. The van der Waals surface area contributed by atoms with Gasteiger partial charge < -0.3 is 4.74 Å². The van der Waals surface area contributed by atoms with E-state index in [1.807, 2.05) is 6.92 Å². The lowest BCUT2D eigenvalue weighted by Gasteiger charge is -2.27. The minimum absolute atomic E-state index is 0.0139. The van der Waals surface area contributed by atoms with Crippen molar-refractivity contribution in [3.63, 3.8) is 0 Å². The maximum Gasteiger partial charge on any atom is 0.573 e. The summed E-state index contributed by atoms with van der Waals surface area (Å²) in [6, 6.07) is 4.18. The number of nitrogens with two attached hydrogens (primary N) is 1. The van der Waals surface area contributed by atoms with Crippen LogP contribution in [-0.4, -0.2) is 15.3 Å². The quantitative estimate of drug-likeness (QED) is 0.813. The highest BCUT2D eigenvalue weighted by molar-refractivity contribution is 7.84. The largest absolute Gasteiger partial charge is 0.573 e. The van der Waals surface area contributed by atoms with Gasteiger partial charge in [0.25, 0.3) is 0 Å². The molecular formula is C14H19ClF3NO2S. The second kappa shape index (κ2) is 7.19. The van der Waals surface area contributed by atoms with Crippen LogP contribution in [0.15, 0.2) is 18.2 Å². The molecular weight excluding hydrogens is 339 g/mol. The SMILES string of the molecule is CC[C@H](CC(C)(C)S(N)=O)c1ccc(OC(F)(F)F)c(Cl)c1. The fourth-order valence-electron chi connectivity index (χ4n) is 2.15. The molecule has 2 atom stereocenters. The Balaban J connectivity index is 3.00. The van der Waals surface area contributed by atoms with Gasteiger partial charge in [0.15, 0.2) is 0 Å². The molecule has 1 rings (SSSR count). The highest BCUT2D eigenvalue weighted by Gasteiger charge is 2.32. The summed E-state index contributed by atoms with van der Waals surface area (Å²) in [4.78, 5) is 0. The maximum atomic E-state index is 12.2. The summed E-state index contributed by atoms with van der Waals surface area (Å²) >= 11 is 5.86. The summed E-state index contributed by atoms with van der Waals surface area (Å²) in [5.41, 5.74) is 0.764. The zero-order valence-electron chi connectivity index (χ0n) is 12.5. The van der Waals surface area contributed by atoms with E-state index in [-0.39, 0.29) is 10.9 Å². The fraction of sp³-hybridized carbons (Fsp3) is 0.571. The molecule has 0 bridgehead atoms. The third-order valence-corrected chi connectivity index (χ3v) is 4.98. The molecule has 0 amide bonds. The molecule has 0 heterocycles. The van der Waals surface area contributed by atoms with E-state index in [1.165, 1.54) is 18.2 Å². The van der Waals surface area contributed by atoms with Gasteiger partial charge in [-0.15, -0.1) is 13.2 Å².